The molecule has 82 valence electrons. The van der Waals surface area contributed by atoms with E-state index in [4.69, 9.17) is 0 Å². The summed E-state index contributed by atoms with van der Waals surface area (Å²) in [5.41, 5.74) is 4.79. The summed E-state index contributed by atoms with van der Waals surface area (Å²) in [5.74, 6) is -0.633. The maximum absolute atomic E-state index is 11.0. The number of carbonyl (C=O) groups is 1. The van der Waals surface area contributed by atoms with Crippen molar-refractivity contribution < 1.29 is 20.4 Å². The van der Waals surface area contributed by atoms with E-state index < -0.39 is 12.1 Å². The Bertz CT molecular complexity index is 313. The third-order valence-electron chi connectivity index (χ3n) is 2.23. The lowest BCUT2D eigenvalue weighted by Crippen LogP contribution is -2.69. The van der Waals surface area contributed by atoms with Crippen LogP contribution in [-0.4, -0.2) is 30.3 Å². The van der Waals surface area contributed by atoms with Gasteiger partial charge in [0.25, 0.3) is 0 Å². The summed E-state index contributed by atoms with van der Waals surface area (Å²) in [6, 6.07) is 9.21. The molecule has 0 aliphatic rings. The Morgan fingerprint density at radius 1 is 1.47 bits per heavy atom. The number of hydrogen-bond acceptors (Lipinski definition) is 3. The number of aliphatic hydroxyl groups excluding tert-OH is 1. The average molecular weight is 210 g/mol. The van der Waals surface area contributed by atoms with Gasteiger partial charge in [-0.25, -0.2) is 4.79 Å². The number of rotatable bonds is 4. The van der Waals surface area contributed by atoms with E-state index in [-0.39, 0.29) is 6.04 Å². The van der Waals surface area contributed by atoms with Crippen LogP contribution >= 0.6 is 0 Å². The fourth-order valence-corrected chi connectivity index (χ4v) is 1.34. The van der Waals surface area contributed by atoms with Gasteiger partial charge >= 0.3 is 5.97 Å². The van der Waals surface area contributed by atoms with Gasteiger partial charge in [0.15, 0.2) is 0 Å². The number of hydrogen-bond donors (Lipinski definition) is 2. The van der Waals surface area contributed by atoms with Crippen LogP contribution in [0.4, 0.5) is 0 Å². The predicted molar refractivity (Wildman–Crippen MR) is 54.8 cm³/mol. The summed E-state index contributed by atoms with van der Waals surface area (Å²) in [4.78, 5) is 11.0. The molecule has 0 aliphatic heterocycles. The molecule has 0 radical (unpaired) electrons. The summed E-state index contributed by atoms with van der Waals surface area (Å²) in [7, 11) is 1.25. The molecule has 1 aromatic rings. The highest BCUT2D eigenvalue weighted by molar-refractivity contribution is 5.74. The zero-order chi connectivity index (χ0) is 11.3. The van der Waals surface area contributed by atoms with Crippen molar-refractivity contribution in [2.75, 3.05) is 7.11 Å². The maximum atomic E-state index is 11.0. The van der Waals surface area contributed by atoms with Gasteiger partial charge < -0.3 is 15.6 Å². The van der Waals surface area contributed by atoms with E-state index in [0.717, 1.165) is 5.56 Å². The quantitative estimate of drug-likeness (QED) is 0.650. The number of aliphatic hydroxyl groups is 1. The van der Waals surface area contributed by atoms with Gasteiger partial charge in [-0.15, -0.1) is 0 Å². The molecule has 0 fully saturated rings. The van der Waals surface area contributed by atoms with E-state index in [0.29, 0.717) is 6.42 Å². The van der Waals surface area contributed by atoms with Crippen LogP contribution in [0.1, 0.15) is 5.56 Å². The molecule has 4 heteroatoms. The number of quaternary nitrogens is 1. The molecule has 4 nitrogen and oxygen atoms in total. The average Bonchev–Trinajstić information content (AvgIpc) is 2.28. The van der Waals surface area contributed by atoms with Crippen LogP contribution in [0.25, 0.3) is 0 Å². The first-order valence-corrected chi connectivity index (χ1v) is 4.78. The van der Waals surface area contributed by atoms with E-state index in [1.54, 1.807) is 0 Å². The van der Waals surface area contributed by atoms with E-state index in [1.807, 2.05) is 30.3 Å². The first kappa shape index (κ1) is 11.7. The minimum absolute atomic E-state index is 0.389. The summed E-state index contributed by atoms with van der Waals surface area (Å²) < 4.78 is 4.44. The Labute approximate surface area is 88.7 Å². The second-order valence-electron chi connectivity index (χ2n) is 3.42. The highest BCUT2D eigenvalue weighted by Crippen LogP contribution is 2.04. The summed E-state index contributed by atoms with van der Waals surface area (Å²) in [6.07, 6.45) is -0.605. The van der Waals surface area contributed by atoms with Crippen LogP contribution in [0, 0.1) is 0 Å². The predicted octanol–water partition coefficient (Wildman–Crippen LogP) is -0.626. The lowest BCUT2D eigenvalue weighted by Gasteiger charge is -2.13. The second-order valence-corrected chi connectivity index (χ2v) is 3.42. The molecule has 0 saturated carbocycles. The molecule has 0 bridgehead atoms. The van der Waals surface area contributed by atoms with Crippen molar-refractivity contribution in [2.24, 2.45) is 0 Å². The van der Waals surface area contributed by atoms with Crippen molar-refractivity contribution in [2.45, 2.75) is 18.6 Å². The summed E-state index contributed by atoms with van der Waals surface area (Å²) >= 11 is 0. The van der Waals surface area contributed by atoms with E-state index in [1.165, 1.54) is 7.11 Å². The van der Waals surface area contributed by atoms with Crippen LogP contribution in [0.15, 0.2) is 30.3 Å². The zero-order valence-electron chi connectivity index (χ0n) is 8.72. The first-order valence-electron chi connectivity index (χ1n) is 4.78. The number of carbonyl (C=O) groups excluding carboxylic acids is 1. The van der Waals surface area contributed by atoms with Gasteiger partial charge in [-0.3, -0.25) is 0 Å². The molecule has 0 saturated heterocycles. The standard InChI is InChI=1S/C11H15NO3/c1-15-11(14)10(13)9(12)7-8-5-3-2-4-6-8/h2-6,9-10,13H,7,12H2,1H3/p+1. The number of ether oxygens (including phenoxy) is 1. The van der Waals surface area contributed by atoms with Crippen molar-refractivity contribution in [3.63, 3.8) is 0 Å². The Morgan fingerprint density at radius 2 is 2.07 bits per heavy atom. The highest BCUT2D eigenvalue weighted by atomic mass is 16.5. The largest absolute Gasteiger partial charge is 0.467 e. The van der Waals surface area contributed by atoms with E-state index >= 15 is 0 Å². The molecule has 4 N–H and O–H groups in total. The molecular weight excluding hydrogens is 194 g/mol. The van der Waals surface area contributed by atoms with Gasteiger partial charge in [0.1, 0.15) is 6.04 Å². The Hall–Kier alpha value is -1.39. The van der Waals surface area contributed by atoms with Crippen molar-refractivity contribution in [1.29, 1.82) is 0 Å². The minimum Gasteiger partial charge on any atom is -0.467 e. The first-order chi connectivity index (χ1) is 7.15. The molecule has 2 atom stereocenters. The molecule has 1 rings (SSSR count). The van der Waals surface area contributed by atoms with Gasteiger partial charge in [0.2, 0.25) is 6.10 Å². The number of benzene rings is 1. The fourth-order valence-electron chi connectivity index (χ4n) is 1.34. The fraction of sp³-hybridized carbons (Fsp3) is 0.364. The van der Waals surface area contributed by atoms with Crippen molar-refractivity contribution in [3.8, 4) is 0 Å². The molecule has 0 aromatic heterocycles. The zero-order valence-corrected chi connectivity index (χ0v) is 8.72. The topological polar surface area (TPSA) is 74.2 Å². The third kappa shape index (κ3) is 3.34. The highest BCUT2D eigenvalue weighted by Gasteiger charge is 2.26. The molecule has 0 aliphatic carbocycles. The maximum Gasteiger partial charge on any atom is 0.341 e. The van der Waals surface area contributed by atoms with Gasteiger partial charge in [0.05, 0.1) is 7.11 Å². The molecule has 0 spiro atoms. The smallest absolute Gasteiger partial charge is 0.341 e. The van der Waals surface area contributed by atoms with Gasteiger partial charge in [-0.2, -0.15) is 0 Å². The monoisotopic (exact) mass is 210 g/mol. The normalized spacial score (nSPS) is 14.3. The molecule has 1 aromatic carbocycles. The van der Waals surface area contributed by atoms with Gasteiger partial charge in [-0.1, -0.05) is 30.3 Å². The minimum atomic E-state index is -1.16. The summed E-state index contributed by atoms with van der Waals surface area (Å²) in [5, 5.41) is 9.51. The number of methoxy groups -OCH3 is 1. The molecule has 2 unspecified atom stereocenters. The van der Waals surface area contributed by atoms with Crippen LogP contribution in [0.2, 0.25) is 0 Å². The van der Waals surface area contributed by atoms with Crippen LogP contribution < -0.4 is 5.73 Å². The van der Waals surface area contributed by atoms with Crippen LogP contribution in [0.3, 0.4) is 0 Å². The second kappa shape index (κ2) is 5.48. The van der Waals surface area contributed by atoms with Crippen molar-refractivity contribution >= 4 is 5.97 Å². The Morgan fingerprint density at radius 3 is 2.60 bits per heavy atom. The van der Waals surface area contributed by atoms with E-state index in [2.05, 4.69) is 10.5 Å². The third-order valence-corrected chi connectivity index (χ3v) is 2.23. The molecule has 0 amide bonds. The SMILES string of the molecule is COC(=O)C(O)C([NH3+])Cc1ccccc1. The Kier molecular flexibility index (Phi) is 4.27. The van der Waals surface area contributed by atoms with Crippen LogP contribution in [0.5, 0.6) is 0 Å². The van der Waals surface area contributed by atoms with E-state index in [9.17, 15) is 9.90 Å². The van der Waals surface area contributed by atoms with Crippen LogP contribution in [-0.2, 0) is 16.0 Å². The van der Waals surface area contributed by atoms with Crippen molar-refractivity contribution in [1.82, 2.24) is 0 Å². The molecule has 0 heterocycles. The summed E-state index contributed by atoms with van der Waals surface area (Å²) in [6.45, 7) is 0. The Balaban J connectivity index is 2.56. The molecule has 15 heavy (non-hydrogen) atoms. The lowest BCUT2D eigenvalue weighted by atomic mass is 10.0. The van der Waals surface area contributed by atoms with Gasteiger partial charge in [0, 0.05) is 6.42 Å². The van der Waals surface area contributed by atoms with Crippen molar-refractivity contribution in [3.05, 3.63) is 35.9 Å². The van der Waals surface area contributed by atoms with Gasteiger partial charge in [-0.05, 0) is 5.56 Å². The molecular formula is C11H16NO3+. The number of esters is 1. The lowest BCUT2D eigenvalue weighted by molar-refractivity contribution is -0.433.